The zero-order valence-electron chi connectivity index (χ0n) is 13.1. The molecule has 0 aliphatic heterocycles. The van der Waals surface area contributed by atoms with Gasteiger partial charge >= 0.3 is 12.1 Å². The Morgan fingerprint density at radius 2 is 1.80 bits per heavy atom. The van der Waals surface area contributed by atoms with Crippen molar-refractivity contribution in [3.63, 3.8) is 0 Å². The van der Waals surface area contributed by atoms with E-state index in [2.05, 4.69) is 11.8 Å². The molecule has 0 spiro atoms. The van der Waals surface area contributed by atoms with Gasteiger partial charge in [0.05, 0.1) is 12.8 Å². The van der Waals surface area contributed by atoms with Gasteiger partial charge in [-0.3, -0.25) is 4.79 Å². The molecule has 1 unspecified atom stereocenters. The number of carbonyl (C=O) groups is 1. The Bertz CT molecular complexity index is 822. The number of carbonyl (C=O) groups excluding carboxylic acids is 1. The van der Waals surface area contributed by atoms with E-state index in [1.807, 2.05) is 0 Å². The van der Waals surface area contributed by atoms with Crippen molar-refractivity contribution in [3.8, 4) is 17.6 Å². The molecule has 0 radical (unpaired) electrons. The van der Waals surface area contributed by atoms with E-state index in [9.17, 15) is 23.1 Å². The fourth-order valence-electron chi connectivity index (χ4n) is 2.01. The molecule has 130 valence electrons. The van der Waals surface area contributed by atoms with Gasteiger partial charge in [-0.1, -0.05) is 42.2 Å². The first kappa shape index (κ1) is 18.4. The zero-order valence-corrected chi connectivity index (χ0v) is 13.1. The quantitative estimate of drug-likeness (QED) is 0.836. The molecule has 2 rings (SSSR count). The Balaban J connectivity index is 2.27. The highest BCUT2D eigenvalue weighted by Crippen LogP contribution is 2.25. The SMILES string of the molecule is COc1ccccc1C(O)C#Cc1ccccc1NC(=O)C(F)(F)F. The van der Waals surface area contributed by atoms with Crippen LogP contribution < -0.4 is 10.1 Å². The van der Waals surface area contributed by atoms with Crippen LogP contribution >= 0.6 is 0 Å². The number of hydrogen-bond donors (Lipinski definition) is 2. The van der Waals surface area contributed by atoms with Crippen molar-refractivity contribution in [2.45, 2.75) is 12.3 Å². The molecule has 0 aromatic heterocycles. The number of amides is 1. The van der Waals surface area contributed by atoms with E-state index < -0.39 is 18.2 Å². The maximum atomic E-state index is 12.4. The van der Waals surface area contributed by atoms with Gasteiger partial charge in [0.1, 0.15) is 11.9 Å². The number of benzene rings is 2. The summed E-state index contributed by atoms with van der Waals surface area (Å²) in [7, 11) is 1.45. The normalized spacial score (nSPS) is 11.9. The minimum Gasteiger partial charge on any atom is -0.496 e. The van der Waals surface area contributed by atoms with Crippen LogP contribution in [0.25, 0.3) is 0 Å². The summed E-state index contributed by atoms with van der Waals surface area (Å²) in [5.41, 5.74) is 0.480. The van der Waals surface area contributed by atoms with Gasteiger partial charge in [-0.2, -0.15) is 13.2 Å². The average molecular weight is 349 g/mol. The second kappa shape index (κ2) is 7.73. The number of anilines is 1. The van der Waals surface area contributed by atoms with Gasteiger partial charge in [-0.25, -0.2) is 0 Å². The maximum Gasteiger partial charge on any atom is 0.471 e. The number of aliphatic hydroxyl groups excluding tert-OH is 1. The zero-order chi connectivity index (χ0) is 18.4. The Hall–Kier alpha value is -2.98. The molecule has 2 aromatic carbocycles. The number of nitrogens with one attached hydrogen (secondary N) is 1. The lowest BCUT2D eigenvalue weighted by Gasteiger charge is -2.10. The van der Waals surface area contributed by atoms with E-state index in [0.29, 0.717) is 11.3 Å². The van der Waals surface area contributed by atoms with Crippen LogP contribution in [-0.4, -0.2) is 24.3 Å². The number of halogens is 3. The van der Waals surface area contributed by atoms with Gasteiger partial charge in [0.15, 0.2) is 0 Å². The van der Waals surface area contributed by atoms with Crippen LogP contribution in [0.15, 0.2) is 48.5 Å². The van der Waals surface area contributed by atoms with Gasteiger partial charge in [-0.05, 0) is 18.2 Å². The number of aliphatic hydroxyl groups is 1. The van der Waals surface area contributed by atoms with Crippen molar-refractivity contribution < 1.29 is 27.8 Å². The van der Waals surface area contributed by atoms with Crippen LogP contribution in [0, 0.1) is 11.8 Å². The highest BCUT2D eigenvalue weighted by Gasteiger charge is 2.38. The van der Waals surface area contributed by atoms with Crippen LogP contribution in [0.5, 0.6) is 5.75 Å². The van der Waals surface area contributed by atoms with E-state index in [1.165, 1.54) is 25.3 Å². The predicted molar refractivity (Wildman–Crippen MR) is 86.0 cm³/mol. The van der Waals surface area contributed by atoms with Crippen molar-refractivity contribution >= 4 is 11.6 Å². The van der Waals surface area contributed by atoms with Gasteiger partial charge in [0.2, 0.25) is 0 Å². The standard InChI is InChI=1S/C18H14F3NO3/c1-25-16-9-5-3-7-13(16)15(23)11-10-12-6-2-4-8-14(12)22-17(24)18(19,20)21/h2-9,15,23H,1H3,(H,22,24). The van der Waals surface area contributed by atoms with Crippen LogP contribution in [-0.2, 0) is 4.79 Å². The number of rotatable bonds is 3. The Labute approximate surface area is 142 Å². The summed E-state index contributed by atoms with van der Waals surface area (Å²) in [6.07, 6.45) is -6.21. The Morgan fingerprint density at radius 3 is 2.48 bits per heavy atom. The van der Waals surface area contributed by atoms with Crippen LogP contribution in [0.2, 0.25) is 0 Å². The number of methoxy groups -OCH3 is 1. The number of para-hydroxylation sites is 2. The molecule has 0 heterocycles. The second-order valence-corrected chi connectivity index (χ2v) is 4.91. The number of hydrogen-bond acceptors (Lipinski definition) is 3. The smallest absolute Gasteiger partial charge is 0.471 e. The largest absolute Gasteiger partial charge is 0.496 e. The molecule has 7 heteroatoms. The fourth-order valence-corrected chi connectivity index (χ4v) is 2.01. The average Bonchev–Trinajstić information content (AvgIpc) is 2.59. The van der Waals surface area contributed by atoms with Crippen molar-refractivity contribution in [3.05, 3.63) is 59.7 Å². The van der Waals surface area contributed by atoms with Crippen molar-refractivity contribution in [1.29, 1.82) is 0 Å². The fraction of sp³-hybridized carbons (Fsp3) is 0.167. The van der Waals surface area contributed by atoms with E-state index in [4.69, 9.17) is 4.74 Å². The van der Waals surface area contributed by atoms with Gasteiger partial charge in [-0.15, -0.1) is 0 Å². The monoisotopic (exact) mass is 349 g/mol. The third kappa shape index (κ3) is 4.75. The lowest BCUT2D eigenvalue weighted by atomic mass is 10.1. The molecular formula is C18H14F3NO3. The van der Waals surface area contributed by atoms with E-state index >= 15 is 0 Å². The topological polar surface area (TPSA) is 58.6 Å². The Morgan fingerprint density at radius 1 is 1.16 bits per heavy atom. The molecule has 0 saturated heterocycles. The predicted octanol–water partition coefficient (Wildman–Crippen LogP) is 3.28. The molecule has 1 atom stereocenters. The summed E-state index contributed by atoms with van der Waals surface area (Å²) in [5.74, 6) is 3.46. The van der Waals surface area contributed by atoms with E-state index in [0.717, 1.165) is 0 Å². The third-order valence-corrected chi connectivity index (χ3v) is 3.21. The molecular weight excluding hydrogens is 335 g/mol. The summed E-state index contributed by atoms with van der Waals surface area (Å²) in [6.45, 7) is 0. The minimum absolute atomic E-state index is 0.0930. The second-order valence-electron chi connectivity index (χ2n) is 4.91. The van der Waals surface area contributed by atoms with Gasteiger partial charge < -0.3 is 15.2 Å². The first-order valence-electron chi connectivity index (χ1n) is 7.12. The molecule has 4 nitrogen and oxygen atoms in total. The number of ether oxygens (including phenoxy) is 1. The van der Waals surface area contributed by atoms with Gasteiger partial charge in [0, 0.05) is 11.1 Å². The minimum atomic E-state index is -5.00. The summed E-state index contributed by atoms with van der Waals surface area (Å²) >= 11 is 0. The molecule has 0 saturated carbocycles. The molecule has 0 aliphatic rings. The number of alkyl halides is 3. The molecule has 1 amide bonds. The molecule has 2 N–H and O–H groups in total. The summed E-state index contributed by atoms with van der Waals surface area (Å²) in [4.78, 5) is 11.1. The maximum absolute atomic E-state index is 12.4. The van der Waals surface area contributed by atoms with Crippen molar-refractivity contribution in [2.75, 3.05) is 12.4 Å². The summed E-state index contributed by atoms with van der Waals surface area (Å²) in [5, 5.41) is 11.9. The first-order valence-corrected chi connectivity index (χ1v) is 7.12. The van der Waals surface area contributed by atoms with E-state index in [-0.39, 0.29) is 11.3 Å². The van der Waals surface area contributed by atoms with Crippen molar-refractivity contribution in [2.24, 2.45) is 0 Å². The molecule has 0 fully saturated rings. The lowest BCUT2D eigenvalue weighted by molar-refractivity contribution is -0.167. The van der Waals surface area contributed by atoms with Crippen molar-refractivity contribution in [1.82, 2.24) is 0 Å². The first-order chi connectivity index (χ1) is 11.8. The van der Waals surface area contributed by atoms with Crippen LogP contribution in [0.1, 0.15) is 17.2 Å². The molecule has 0 aliphatic carbocycles. The molecule has 2 aromatic rings. The summed E-state index contributed by atoms with van der Waals surface area (Å²) < 4.78 is 42.3. The summed E-state index contributed by atoms with van der Waals surface area (Å²) in [6, 6.07) is 12.4. The van der Waals surface area contributed by atoms with E-state index in [1.54, 1.807) is 35.6 Å². The Kier molecular flexibility index (Phi) is 5.67. The van der Waals surface area contributed by atoms with Crippen LogP contribution in [0.3, 0.4) is 0 Å². The highest BCUT2D eigenvalue weighted by atomic mass is 19.4. The molecule has 0 bridgehead atoms. The van der Waals surface area contributed by atoms with Crippen LogP contribution in [0.4, 0.5) is 18.9 Å². The van der Waals surface area contributed by atoms with Gasteiger partial charge in [0.25, 0.3) is 0 Å². The molecule has 25 heavy (non-hydrogen) atoms. The highest BCUT2D eigenvalue weighted by molar-refractivity contribution is 5.96. The third-order valence-electron chi connectivity index (χ3n) is 3.21. The lowest BCUT2D eigenvalue weighted by Crippen LogP contribution is -2.30.